The molecule has 68 valence electrons. The topological polar surface area (TPSA) is 51.6 Å². The Labute approximate surface area is 71.9 Å². The zero-order valence-corrected chi connectivity index (χ0v) is 7.41. The van der Waals surface area contributed by atoms with Crippen molar-refractivity contribution in [3.63, 3.8) is 0 Å². The van der Waals surface area contributed by atoms with Crippen molar-refractivity contribution in [2.75, 3.05) is 14.2 Å². The first kappa shape index (κ1) is 9.25. The van der Waals surface area contributed by atoms with E-state index in [1.807, 2.05) is 19.2 Å². The van der Waals surface area contributed by atoms with E-state index in [9.17, 15) is 0 Å². The van der Waals surface area contributed by atoms with Crippen LogP contribution in [-0.2, 0) is 17.9 Å². The summed E-state index contributed by atoms with van der Waals surface area (Å²) in [6.07, 6.45) is 0. The van der Waals surface area contributed by atoms with E-state index >= 15 is 0 Å². The summed E-state index contributed by atoms with van der Waals surface area (Å²) in [7, 11) is 3.46. The molecule has 0 atom stereocenters. The summed E-state index contributed by atoms with van der Waals surface area (Å²) in [4.78, 5) is 4.94. The predicted octanol–water partition coefficient (Wildman–Crippen LogP) is 0.732. The van der Waals surface area contributed by atoms with Gasteiger partial charge in [-0.3, -0.25) is 0 Å². The molecule has 1 aromatic rings. The Hall–Kier alpha value is -0.840. The van der Waals surface area contributed by atoms with Gasteiger partial charge in [0.1, 0.15) is 11.5 Å². The number of furan rings is 1. The van der Waals surface area contributed by atoms with Gasteiger partial charge in [-0.1, -0.05) is 0 Å². The Bertz CT molecular complexity index is 235. The SMILES string of the molecule is CON(C)Cc1ccc(CN)o1. The van der Waals surface area contributed by atoms with Crippen molar-refractivity contribution < 1.29 is 9.25 Å². The highest BCUT2D eigenvalue weighted by Gasteiger charge is 2.03. The number of rotatable bonds is 4. The van der Waals surface area contributed by atoms with E-state index in [4.69, 9.17) is 15.0 Å². The molecule has 0 radical (unpaired) electrons. The Morgan fingerprint density at radius 1 is 1.50 bits per heavy atom. The molecule has 0 saturated carbocycles. The van der Waals surface area contributed by atoms with Gasteiger partial charge in [-0.25, -0.2) is 0 Å². The lowest BCUT2D eigenvalue weighted by atomic mass is 10.4. The first-order valence-corrected chi connectivity index (χ1v) is 3.79. The van der Waals surface area contributed by atoms with E-state index in [0.29, 0.717) is 13.1 Å². The Morgan fingerprint density at radius 2 is 2.17 bits per heavy atom. The van der Waals surface area contributed by atoms with Gasteiger partial charge in [-0.2, -0.15) is 5.06 Å². The van der Waals surface area contributed by atoms with E-state index in [1.54, 1.807) is 12.2 Å². The fraction of sp³-hybridized carbons (Fsp3) is 0.500. The Morgan fingerprint density at radius 3 is 2.67 bits per heavy atom. The van der Waals surface area contributed by atoms with Gasteiger partial charge in [0.05, 0.1) is 20.2 Å². The number of nitrogens with zero attached hydrogens (tertiary/aromatic N) is 1. The molecule has 4 heteroatoms. The summed E-state index contributed by atoms with van der Waals surface area (Å²) in [6.45, 7) is 1.08. The average molecular weight is 170 g/mol. The number of hydrogen-bond donors (Lipinski definition) is 1. The van der Waals surface area contributed by atoms with E-state index in [-0.39, 0.29) is 0 Å². The van der Waals surface area contributed by atoms with E-state index in [1.165, 1.54) is 0 Å². The van der Waals surface area contributed by atoms with Crippen LogP contribution in [0.4, 0.5) is 0 Å². The molecule has 1 heterocycles. The maximum Gasteiger partial charge on any atom is 0.120 e. The number of hydroxylamine groups is 2. The second-order valence-corrected chi connectivity index (χ2v) is 2.54. The van der Waals surface area contributed by atoms with Crippen molar-refractivity contribution in [2.45, 2.75) is 13.1 Å². The summed E-state index contributed by atoms with van der Waals surface area (Å²) in [5.41, 5.74) is 5.39. The Kier molecular flexibility index (Phi) is 3.28. The van der Waals surface area contributed by atoms with Crippen LogP contribution in [0.1, 0.15) is 11.5 Å². The van der Waals surface area contributed by atoms with Crippen molar-refractivity contribution in [3.8, 4) is 0 Å². The van der Waals surface area contributed by atoms with Crippen molar-refractivity contribution in [3.05, 3.63) is 23.7 Å². The molecule has 4 nitrogen and oxygen atoms in total. The minimum atomic E-state index is 0.441. The normalized spacial score (nSPS) is 11.0. The minimum absolute atomic E-state index is 0.441. The van der Waals surface area contributed by atoms with Gasteiger partial charge < -0.3 is 15.0 Å². The van der Waals surface area contributed by atoms with Gasteiger partial charge in [0.25, 0.3) is 0 Å². The van der Waals surface area contributed by atoms with Crippen LogP contribution in [0.5, 0.6) is 0 Å². The van der Waals surface area contributed by atoms with E-state index in [2.05, 4.69) is 0 Å². The highest BCUT2D eigenvalue weighted by atomic mass is 16.7. The van der Waals surface area contributed by atoms with Crippen LogP contribution in [-0.4, -0.2) is 19.2 Å². The van der Waals surface area contributed by atoms with Gasteiger partial charge in [-0.15, -0.1) is 0 Å². The summed E-state index contributed by atoms with van der Waals surface area (Å²) >= 11 is 0. The smallest absolute Gasteiger partial charge is 0.120 e. The van der Waals surface area contributed by atoms with Gasteiger partial charge in [-0.05, 0) is 12.1 Å². The van der Waals surface area contributed by atoms with Gasteiger partial charge in [0.2, 0.25) is 0 Å². The maximum absolute atomic E-state index is 5.39. The fourth-order valence-electron chi connectivity index (χ4n) is 0.901. The zero-order valence-electron chi connectivity index (χ0n) is 7.41. The maximum atomic E-state index is 5.39. The molecule has 0 aliphatic heterocycles. The lowest BCUT2D eigenvalue weighted by molar-refractivity contribution is -0.120. The minimum Gasteiger partial charge on any atom is -0.463 e. The summed E-state index contributed by atoms with van der Waals surface area (Å²) in [6, 6.07) is 3.77. The molecule has 0 bridgehead atoms. The average Bonchev–Trinajstić information content (AvgIpc) is 2.52. The van der Waals surface area contributed by atoms with Crippen molar-refractivity contribution in [1.82, 2.24) is 5.06 Å². The molecule has 12 heavy (non-hydrogen) atoms. The highest BCUT2D eigenvalue weighted by Crippen LogP contribution is 2.08. The molecular formula is C8H14N2O2. The quantitative estimate of drug-likeness (QED) is 0.677. The van der Waals surface area contributed by atoms with Crippen LogP contribution in [0.15, 0.2) is 16.5 Å². The first-order valence-electron chi connectivity index (χ1n) is 3.79. The van der Waals surface area contributed by atoms with Crippen molar-refractivity contribution >= 4 is 0 Å². The largest absolute Gasteiger partial charge is 0.463 e. The molecule has 0 spiro atoms. The van der Waals surface area contributed by atoms with Crippen LogP contribution in [0.3, 0.4) is 0 Å². The molecular weight excluding hydrogens is 156 g/mol. The van der Waals surface area contributed by atoms with Crippen LogP contribution in [0, 0.1) is 0 Å². The standard InChI is InChI=1S/C8H14N2O2/c1-10(11-2)6-8-4-3-7(5-9)12-8/h3-4H,5-6,9H2,1-2H3. The van der Waals surface area contributed by atoms with E-state index < -0.39 is 0 Å². The van der Waals surface area contributed by atoms with Gasteiger partial charge in [0, 0.05) is 7.05 Å². The third-order valence-electron chi connectivity index (χ3n) is 1.61. The highest BCUT2D eigenvalue weighted by molar-refractivity contribution is 5.06. The van der Waals surface area contributed by atoms with Crippen LogP contribution in [0.25, 0.3) is 0 Å². The predicted molar refractivity (Wildman–Crippen MR) is 45.1 cm³/mol. The van der Waals surface area contributed by atoms with Gasteiger partial charge >= 0.3 is 0 Å². The number of nitrogens with two attached hydrogens (primary N) is 1. The van der Waals surface area contributed by atoms with Crippen LogP contribution >= 0.6 is 0 Å². The fourth-order valence-corrected chi connectivity index (χ4v) is 0.901. The monoisotopic (exact) mass is 170 g/mol. The second-order valence-electron chi connectivity index (χ2n) is 2.54. The molecule has 1 rings (SSSR count). The summed E-state index contributed by atoms with van der Waals surface area (Å²) < 4.78 is 5.36. The molecule has 0 aromatic carbocycles. The van der Waals surface area contributed by atoms with Gasteiger partial charge in [0.15, 0.2) is 0 Å². The summed E-state index contributed by atoms with van der Waals surface area (Å²) in [5.74, 6) is 1.66. The van der Waals surface area contributed by atoms with Crippen molar-refractivity contribution in [2.24, 2.45) is 5.73 Å². The molecule has 0 unspecified atom stereocenters. The number of hydrogen-bond acceptors (Lipinski definition) is 4. The second kappa shape index (κ2) is 4.25. The molecule has 0 amide bonds. The third kappa shape index (κ3) is 2.34. The molecule has 1 aromatic heterocycles. The van der Waals surface area contributed by atoms with Crippen molar-refractivity contribution in [1.29, 1.82) is 0 Å². The zero-order chi connectivity index (χ0) is 8.97. The third-order valence-corrected chi connectivity index (χ3v) is 1.61. The van der Waals surface area contributed by atoms with Crippen LogP contribution in [0.2, 0.25) is 0 Å². The lowest BCUT2D eigenvalue weighted by Gasteiger charge is -2.10. The van der Waals surface area contributed by atoms with Crippen LogP contribution < -0.4 is 5.73 Å². The molecule has 0 fully saturated rings. The van der Waals surface area contributed by atoms with E-state index in [0.717, 1.165) is 11.5 Å². The lowest BCUT2D eigenvalue weighted by Crippen LogP contribution is -2.15. The molecule has 0 aliphatic rings. The summed E-state index contributed by atoms with van der Waals surface area (Å²) in [5, 5.41) is 1.68. The first-order chi connectivity index (χ1) is 5.76. The molecule has 0 saturated heterocycles. The molecule has 2 N–H and O–H groups in total. The molecule has 0 aliphatic carbocycles. The Balaban J connectivity index is 2.52.